The molecule has 0 spiro atoms. The van der Waals surface area contributed by atoms with Gasteiger partial charge >= 0.3 is 0 Å². The third kappa shape index (κ3) is 4.50. The first-order valence-electron chi connectivity index (χ1n) is 4.75. The van der Waals surface area contributed by atoms with Gasteiger partial charge in [0.1, 0.15) is 11.5 Å². The molecule has 1 aliphatic rings. The van der Waals surface area contributed by atoms with Gasteiger partial charge in [0.05, 0.1) is 0 Å². The van der Waals surface area contributed by atoms with E-state index in [4.69, 9.17) is 4.74 Å². The van der Waals surface area contributed by atoms with Crippen molar-refractivity contribution < 1.29 is 18.3 Å². The number of sulfone groups is 1. The smallest absolute Gasteiger partial charge is 0.288 e. The molecule has 1 rings (SSSR count). The molecule has 0 amide bonds. The minimum absolute atomic E-state index is 0.0262. The average molecular weight is 220 g/mol. The van der Waals surface area contributed by atoms with Crippen molar-refractivity contribution in [3.63, 3.8) is 0 Å². The predicted molar refractivity (Wildman–Crippen MR) is 53.5 cm³/mol. The highest BCUT2D eigenvalue weighted by Crippen LogP contribution is 2.21. The molecule has 1 N–H and O–H groups in total. The number of aliphatic hydroxyl groups excluding tert-OH is 1. The van der Waals surface area contributed by atoms with Crippen LogP contribution in [-0.4, -0.2) is 25.9 Å². The molecule has 0 atom stereocenters. The second kappa shape index (κ2) is 4.68. The number of ether oxygens (including phenoxy) is 1. The highest BCUT2D eigenvalue weighted by Gasteiger charge is 2.16. The van der Waals surface area contributed by atoms with Gasteiger partial charge in [-0.2, -0.15) is 0 Å². The number of hydrogen-bond acceptors (Lipinski definition) is 4. The molecule has 0 bridgehead atoms. The second-order valence-corrected chi connectivity index (χ2v) is 5.56. The largest absolute Gasteiger partial charge is 0.480 e. The Morgan fingerprint density at radius 3 is 2.43 bits per heavy atom. The molecule has 1 aliphatic carbocycles. The summed E-state index contributed by atoms with van der Waals surface area (Å²) in [6.45, 7) is 0. The zero-order chi connectivity index (χ0) is 10.6. The van der Waals surface area contributed by atoms with Crippen molar-refractivity contribution >= 4 is 9.84 Å². The highest BCUT2D eigenvalue weighted by molar-refractivity contribution is 7.93. The predicted octanol–water partition coefficient (Wildman–Crippen LogP) is 1.74. The minimum Gasteiger partial charge on any atom is -0.480 e. The second-order valence-electron chi connectivity index (χ2n) is 3.66. The van der Waals surface area contributed by atoms with Crippen LogP contribution in [0, 0.1) is 0 Å². The Morgan fingerprint density at radius 2 is 1.93 bits per heavy atom. The van der Waals surface area contributed by atoms with Crippen molar-refractivity contribution in [2.24, 2.45) is 0 Å². The van der Waals surface area contributed by atoms with Crippen LogP contribution in [0.2, 0.25) is 0 Å². The van der Waals surface area contributed by atoms with E-state index >= 15 is 0 Å². The van der Waals surface area contributed by atoms with E-state index in [-0.39, 0.29) is 6.10 Å². The fourth-order valence-electron chi connectivity index (χ4n) is 1.56. The van der Waals surface area contributed by atoms with Crippen LogP contribution in [0.1, 0.15) is 32.1 Å². The molecule has 0 aromatic heterocycles. The molecule has 0 saturated heterocycles. The molecular weight excluding hydrogens is 204 g/mol. The van der Waals surface area contributed by atoms with Gasteiger partial charge in [-0.3, -0.25) is 0 Å². The van der Waals surface area contributed by atoms with Crippen LogP contribution in [0.5, 0.6) is 0 Å². The normalized spacial score (nSPS) is 20.8. The Balaban J connectivity index is 2.47. The van der Waals surface area contributed by atoms with Crippen molar-refractivity contribution in [1.29, 1.82) is 0 Å². The average Bonchev–Trinajstić information content (AvgIpc) is 2.02. The van der Waals surface area contributed by atoms with Gasteiger partial charge in [-0.1, -0.05) is 6.42 Å². The monoisotopic (exact) mass is 220 g/mol. The first-order valence-corrected chi connectivity index (χ1v) is 6.70. The summed E-state index contributed by atoms with van der Waals surface area (Å²) in [5.41, 5.74) is 0. The van der Waals surface area contributed by atoms with Gasteiger partial charge in [0.15, 0.2) is 9.84 Å². The SMILES string of the molecule is CS(=O)(=O)/C=C(/O)OC1CCCCC1. The Kier molecular flexibility index (Phi) is 3.80. The van der Waals surface area contributed by atoms with E-state index in [2.05, 4.69) is 0 Å². The molecule has 1 fully saturated rings. The van der Waals surface area contributed by atoms with Crippen LogP contribution in [-0.2, 0) is 14.6 Å². The van der Waals surface area contributed by atoms with Crippen molar-refractivity contribution in [3.8, 4) is 0 Å². The molecule has 0 aliphatic heterocycles. The molecule has 0 unspecified atom stereocenters. The molecule has 4 nitrogen and oxygen atoms in total. The summed E-state index contributed by atoms with van der Waals surface area (Å²) in [6.07, 6.45) is 6.13. The highest BCUT2D eigenvalue weighted by atomic mass is 32.2. The maximum Gasteiger partial charge on any atom is 0.288 e. The van der Waals surface area contributed by atoms with E-state index in [1.165, 1.54) is 6.42 Å². The van der Waals surface area contributed by atoms with Crippen LogP contribution in [0.25, 0.3) is 0 Å². The summed E-state index contributed by atoms with van der Waals surface area (Å²) in [5, 5.41) is 9.95. The summed E-state index contributed by atoms with van der Waals surface area (Å²) in [5.74, 6) is -0.487. The summed E-state index contributed by atoms with van der Waals surface area (Å²) >= 11 is 0. The molecule has 5 heteroatoms. The lowest BCUT2D eigenvalue weighted by Crippen LogP contribution is -2.16. The zero-order valence-electron chi connectivity index (χ0n) is 8.27. The lowest BCUT2D eigenvalue weighted by Gasteiger charge is -2.21. The molecule has 1 saturated carbocycles. The molecule has 82 valence electrons. The van der Waals surface area contributed by atoms with Crippen molar-refractivity contribution in [2.45, 2.75) is 38.2 Å². The Bertz CT molecular complexity index is 299. The third-order valence-corrected chi connectivity index (χ3v) is 2.78. The van der Waals surface area contributed by atoms with E-state index < -0.39 is 15.8 Å². The topological polar surface area (TPSA) is 63.6 Å². The molecule has 0 aromatic carbocycles. The third-order valence-electron chi connectivity index (χ3n) is 2.15. The first-order chi connectivity index (χ1) is 6.47. The van der Waals surface area contributed by atoms with Crippen molar-refractivity contribution in [1.82, 2.24) is 0 Å². The summed E-state index contributed by atoms with van der Waals surface area (Å²) in [4.78, 5) is 0. The van der Waals surface area contributed by atoms with Gasteiger partial charge in [0.2, 0.25) is 0 Å². The summed E-state index contributed by atoms with van der Waals surface area (Å²) in [7, 11) is -3.31. The first kappa shape index (κ1) is 11.4. The van der Waals surface area contributed by atoms with Gasteiger partial charge in [-0.15, -0.1) is 0 Å². The van der Waals surface area contributed by atoms with E-state index in [0.29, 0.717) is 0 Å². The van der Waals surface area contributed by atoms with Crippen LogP contribution in [0.4, 0.5) is 0 Å². The standard InChI is InChI=1S/C9H16O4S/c1-14(11,12)7-9(10)13-8-5-3-2-4-6-8/h7-8,10H,2-6H2,1H3/b9-7-. The fourth-order valence-corrected chi connectivity index (χ4v) is 1.99. The lowest BCUT2D eigenvalue weighted by atomic mass is 9.98. The molecule has 0 aromatic rings. The summed E-state index contributed by atoms with van der Waals surface area (Å²) in [6, 6.07) is 0. The maximum atomic E-state index is 10.8. The van der Waals surface area contributed by atoms with Gasteiger partial charge in [0.25, 0.3) is 5.95 Å². The molecule has 0 heterocycles. The Hall–Kier alpha value is -0.710. The van der Waals surface area contributed by atoms with Gasteiger partial charge in [-0.05, 0) is 25.7 Å². The molecular formula is C9H16O4S. The van der Waals surface area contributed by atoms with E-state index in [1.54, 1.807) is 0 Å². The van der Waals surface area contributed by atoms with Gasteiger partial charge in [0, 0.05) is 6.26 Å². The van der Waals surface area contributed by atoms with Crippen LogP contribution in [0.15, 0.2) is 11.4 Å². The zero-order valence-corrected chi connectivity index (χ0v) is 9.09. The maximum absolute atomic E-state index is 10.8. The molecule has 14 heavy (non-hydrogen) atoms. The van der Waals surface area contributed by atoms with Crippen LogP contribution < -0.4 is 0 Å². The Morgan fingerprint density at radius 1 is 1.36 bits per heavy atom. The fraction of sp³-hybridized carbons (Fsp3) is 0.778. The van der Waals surface area contributed by atoms with E-state index in [0.717, 1.165) is 37.3 Å². The van der Waals surface area contributed by atoms with Crippen molar-refractivity contribution in [3.05, 3.63) is 11.4 Å². The van der Waals surface area contributed by atoms with Gasteiger partial charge < -0.3 is 9.84 Å². The van der Waals surface area contributed by atoms with E-state index in [9.17, 15) is 13.5 Å². The number of aliphatic hydroxyl groups is 1. The Labute approximate surface area is 84.5 Å². The summed E-state index contributed by atoms with van der Waals surface area (Å²) < 4.78 is 26.6. The van der Waals surface area contributed by atoms with Gasteiger partial charge in [-0.25, -0.2) is 8.42 Å². The lowest BCUT2D eigenvalue weighted by molar-refractivity contribution is 0.0135. The van der Waals surface area contributed by atoms with Crippen molar-refractivity contribution in [2.75, 3.05) is 6.26 Å². The van der Waals surface area contributed by atoms with Crippen LogP contribution in [0.3, 0.4) is 0 Å². The van der Waals surface area contributed by atoms with Crippen LogP contribution >= 0.6 is 0 Å². The number of rotatable bonds is 3. The van der Waals surface area contributed by atoms with E-state index in [1.807, 2.05) is 0 Å². The quantitative estimate of drug-likeness (QED) is 0.736. The number of hydrogen-bond donors (Lipinski definition) is 1. The minimum atomic E-state index is -3.31. The molecule has 0 radical (unpaired) electrons.